The fourth-order valence-electron chi connectivity index (χ4n) is 3.43. The highest BCUT2D eigenvalue weighted by Gasteiger charge is 2.32. The molecule has 124 valence electrons. The third-order valence-corrected chi connectivity index (χ3v) is 4.71. The maximum atomic E-state index is 12.9. The van der Waals surface area contributed by atoms with Gasteiger partial charge in [-0.2, -0.15) is 0 Å². The molecule has 0 aromatic heterocycles. The van der Waals surface area contributed by atoms with Crippen LogP contribution in [0.1, 0.15) is 26.2 Å². The van der Waals surface area contributed by atoms with Gasteiger partial charge in [-0.05, 0) is 55.5 Å². The zero-order chi connectivity index (χ0) is 14.7. The summed E-state index contributed by atoms with van der Waals surface area (Å²) in [6.07, 6.45) is 3.65. The number of benzene rings is 1. The number of piperidine rings is 1. The summed E-state index contributed by atoms with van der Waals surface area (Å²) >= 11 is 0. The Bertz CT molecular complexity index is 454. The van der Waals surface area contributed by atoms with E-state index in [0.29, 0.717) is 5.41 Å². The summed E-state index contributed by atoms with van der Waals surface area (Å²) < 4.78 is 18.8. The fraction of sp³-hybridized carbons (Fsp3) is 0.647. The summed E-state index contributed by atoms with van der Waals surface area (Å²) in [4.78, 5) is 2.57. The van der Waals surface area contributed by atoms with Gasteiger partial charge in [0, 0.05) is 26.2 Å². The van der Waals surface area contributed by atoms with Gasteiger partial charge in [-0.15, -0.1) is 12.4 Å². The molecule has 0 bridgehead atoms. The highest BCUT2D eigenvalue weighted by Crippen LogP contribution is 2.27. The molecular formula is C17H26ClFN2O. The van der Waals surface area contributed by atoms with Crippen molar-refractivity contribution in [1.29, 1.82) is 0 Å². The molecule has 1 unspecified atom stereocenters. The van der Waals surface area contributed by atoms with Crippen LogP contribution in [0, 0.1) is 11.2 Å². The predicted octanol–water partition coefficient (Wildman–Crippen LogP) is 3.09. The van der Waals surface area contributed by atoms with E-state index in [-0.39, 0.29) is 24.3 Å². The maximum absolute atomic E-state index is 12.9. The van der Waals surface area contributed by atoms with Crippen molar-refractivity contribution in [3.63, 3.8) is 0 Å². The third-order valence-electron chi connectivity index (χ3n) is 4.71. The minimum atomic E-state index is -0.212. The molecule has 2 aliphatic heterocycles. The Morgan fingerprint density at radius 2 is 1.95 bits per heavy atom. The van der Waals surface area contributed by atoms with E-state index in [1.807, 2.05) is 0 Å². The SMILES string of the molecule is CC1(CN2CCC(Oc3ccc(F)cc3)CC2)CCNC1.Cl. The number of ether oxygens (including phenoxy) is 1. The number of nitrogens with one attached hydrogen (secondary N) is 1. The van der Waals surface area contributed by atoms with Crippen molar-refractivity contribution in [2.24, 2.45) is 5.41 Å². The van der Waals surface area contributed by atoms with Gasteiger partial charge in [0.05, 0.1) is 0 Å². The standard InChI is InChI=1S/C17H25FN2O.ClH/c1-17(8-9-19-12-17)13-20-10-6-16(7-11-20)21-15-4-2-14(18)3-5-15;/h2-5,16,19H,6-13H2,1H3;1H. The van der Waals surface area contributed by atoms with E-state index < -0.39 is 0 Å². The second kappa shape index (κ2) is 7.62. The Balaban J connectivity index is 0.00000176. The van der Waals surface area contributed by atoms with Crippen molar-refractivity contribution in [3.8, 4) is 5.75 Å². The van der Waals surface area contributed by atoms with Crippen LogP contribution in [-0.4, -0.2) is 43.7 Å². The Morgan fingerprint density at radius 3 is 2.55 bits per heavy atom. The molecule has 22 heavy (non-hydrogen) atoms. The largest absolute Gasteiger partial charge is 0.490 e. The molecule has 3 nitrogen and oxygen atoms in total. The average molecular weight is 329 g/mol. The quantitative estimate of drug-likeness (QED) is 0.919. The van der Waals surface area contributed by atoms with E-state index >= 15 is 0 Å². The van der Waals surface area contributed by atoms with Crippen LogP contribution in [0.4, 0.5) is 4.39 Å². The van der Waals surface area contributed by atoms with E-state index in [2.05, 4.69) is 17.1 Å². The first-order valence-corrected chi connectivity index (χ1v) is 7.98. The molecule has 0 saturated carbocycles. The summed E-state index contributed by atoms with van der Waals surface area (Å²) in [6, 6.07) is 6.34. The highest BCUT2D eigenvalue weighted by atomic mass is 35.5. The first kappa shape index (κ1) is 17.5. The summed E-state index contributed by atoms with van der Waals surface area (Å²) in [7, 11) is 0. The van der Waals surface area contributed by atoms with Crippen LogP contribution in [0.2, 0.25) is 0 Å². The molecule has 0 radical (unpaired) electrons. The number of rotatable bonds is 4. The lowest BCUT2D eigenvalue weighted by Crippen LogP contribution is -2.44. The van der Waals surface area contributed by atoms with Gasteiger partial charge in [0.1, 0.15) is 17.7 Å². The van der Waals surface area contributed by atoms with Crippen molar-refractivity contribution < 1.29 is 9.13 Å². The minimum Gasteiger partial charge on any atom is -0.490 e. The molecule has 5 heteroatoms. The Hall–Kier alpha value is -0.840. The summed E-state index contributed by atoms with van der Waals surface area (Å²) in [5.74, 6) is 0.567. The molecule has 2 fully saturated rings. The smallest absolute Gasteiger partial charge is 0.123 e. The molecule has 2 saturated heterocycles. The molecule has 1 aromatic rings. The lowest BCUT2D eigenvalue weighted by molar-refractivity contribution is 0.0775. The monoisotopic (exact) mass is 328 g/mol. The first-order chi connectivity index (χ1) is 10.1. The normalized spacial score (nSPS) is 26.6. The number of halogens is 2. The highest BCUT2D eigenvalue weighted by molar-refractivity contribution is 5.85. The van der Waals surface area contributed by atoms with Gasteiger partial charge in [-0.1, -0.05) is 6.92 Å². The van der Waals surface area contributed by atoms with Crippen LogP contribution >= 0.6 is 12.4 Å². The molecule has 3 rings (SSSR count). The Kier molecular flexibility index (Phi) is 6.07. The molecule has 0 spiro atoms. The average Bonchev–Trinajstić information content (AvgIpc) is 2.90. The second-order valence-corrected chi connectivity index (χ2v) is 6.78. The van der Waals surface area contributed by atoms with Gasteiger partial charge in [0.25, 0.3) is 0 Å². The van der Waals surface area contributed by atoms with Crippen molar-refractivity contribution in [2.45, 2.75) is 32.3 Å². The molecule has 2 aliphatic rings. The number of hydrogen-bond donors (Lipinski definition) is 1. The van der Waals surface area contributed by atoms with Gasteiger partial charge >= 0.3 is 0 Å². The van der Waals surface area contributed by atoms with Crippen LogP contribution in [0.25, 0.3) is 0 Å². The number of nitrogens with zero attached hydrogens (tertiary/aromatic N) is 1. The van der Waals surface area contributed by atoms with Gasteiger partial charge in [-0.3, -0.25) is 0 Å². The van der Waals surface area contributed by atoms with Gasteiger partial charge < -0.3 is 15.0 Å². The molecule has 1 aromatic carbocycles. The fourth-order valence-corrected chi connectivity index (χ4v) is 3.43. The molecule has 2 heterocycles. The molecule has 0 aliphatic carbocycles. The molecular weight excluding hydrogens is 303 g/mol. The van der Waals surface area contributed by atoms with Crippen molar-refractivity contribution in [1.82, 2.24) is 10.2 Å². The van der Waals surface area contributed by atoms with Crippen LogP contribution in [0.15, 0.2) is 24.3 Å². The number of hydrogen-bond acceptors (Lipinski definition) is 3. The third kappa shape index (κ3) is 4.58. The van der Waals surface area contributed by atoms with Crippen LogP contribution in [0.5, 0.6) is 5.75 Å². The zero-order valence-corrected chi connectivity index (χ0v) is 14.0. The second-order valence-electron chi connectivity index (χ2n) is 6.78. The maximum Gasteiger partial charge on any atom is 0.123 e. The van der Waals surface area contributed by atoms with Gasteiger partial charge in [0.2, 0.25) is 0 Å². The van der Waals surface area contributed by atoms with Crippen LogP contribution in [-0.2, 0) is 0 Å². The first-order valence-electron chi connectivity index (χ1n) is 7.98. The van der Waals surface area contributed by atoms with Crippen LogP contribution < -0.4 is 10.1 Å². The summed E-state index contributed by atoms with van der Waals surface area (Å²) in [6.45, 7) is 8.06. The minimum absolute atomic E-state index is 0. The predicted molar refractivity (Wildman–Crippen MR) is 89.3 cm³/mol. The lowest BCUT2D eigenvalue weighted by Gasteiger charge is -2.37. The Morgan fingerprint density at radius 1 is 1.27 bits per heavy atom. The zero-order valence-electron chi connectivity index (χ0n) is 13.2. The van der Waals surface area contributed by atoms with E-state index in [1.54, 1.807) is 12.1 Å². The molecule has 1 N–H and O–H groups in total. The van der Waals surface area contributed by atoms with E-state index in [4.69, 9.17) is 4.74 Å². The van der Waals surface area contributed by atoms with E-state index in [1.165, 1.54) is 25.1 Å². The summed E-state index contributed by atoms with van der Waals surface area (Å²) in [5, 5.41) is 3.47. The Labute approximate surface area is 138 Å². The van der Waals surface area contributed by atoms with E-state index in [0.717, 1.165) is 44.8 Å². The van der Waals surface area contributed by atoms with Crippen molar-refractivity contribution in [3.05, 3.63) is 30.1 Å². The van der Waals surface area contributed by atoms with Gasteiger partial charge in [0.15, 0.2) is 0 Å². The van der Waals surface area contributed by atoms with Gasteiger partial charge in [-0.25, -0.2) is 4.39 Å². The molecule has 0 amide bonds. The molecule has 1 atom stereocenters. The van der Waals surface area contributed by atoms with Crippen molar-refractivity contribution in [2.75, 3.05) is 32.7 Å². The van der Waals surface area contributed by atoms with E-state index in [9.17, 15) is 4.39 Å². The number of likely N-dealkylation sites (tertiary alicyclic amines) is 1. The topological polar surface area (TPSA) is 24.5 Å². The van der Waals surface area contributed by atoms with Crippen molar-refractivity contribution >= 4 is 12.4 Å². The van der Waals surface area contributed by atoms with Crippen LogP contribution in [0.3, 0.4) is 0 Å². The lowest BCUT2D eigenvalue weighted by atomic mass is 9.88. The summed E-state index contributed by atoms with van der Waals surface area (Å²) in [5.41, 5.74) is 0.435.